The van der Waals surface area contributed by atoms with Gasteiger partial charge in [0.2, 0.25) is 0 Å². The van der Waals surface area contributed by atoms with Gasteiger partial charge in [0.25, 0.3) is 5.91 Å². The van der Waals surface area contributed by atoms with Crippen molar-refractivity contribution < 1.29 is 9.21 Å². The third kappa shape index (κ3) is 4.64. The van der Waals surface area contributed by atoms with Crippen molar-refractivity contribution in [2.24, 2.45) is 7.05 Å². The number of amides is 1. The van der Waals surface area contributed by atoms with Gasteiger partial charge < -0.3 is 14.3 Å². The van der Waals surface area contributed by atoms with Crippen molar-refractivity contribution in [2.75, 3.05) is 5.32 Å². The molecule has 9 heteroatoms. The Morgan fingerprint density at radius 2 is 1.79 bits per heavy atom. The number of aryl methyl sites for hydroxylation is 1. The first-order chi connectivity index (χ1) is 16.2. The molecule has 7 nitrogen and oxygen atoms in total. The molecule has 0 unspecified atom stereocenters. The molecule has 0 aliphatic rings. The summed E-state index contributed by atoms with van der Waals surface area (Å²) in [5.74, 6) is 0.494. The van der Waals surface area contributed by atoms with Crippen molar-refractivity contribution in [1.29, 1.82) is 0 Å². The summed E-state index contributed by atoms with van der Waals surface area (Å²) in [4.78, 5) is 27.2. The number of aromatic nitrogens is 4. The summed E-state index contributed by atoms with van der Waals surface area (Å²) in [6.45, 7) is 0. The van der Waals surface area contributed by atoms with Crippen LogP contribution < -0.4 is 5.32 Å². The number of thioether (sulfide) groups is 1. The third-order valence-electron chi connectivity index (χ3n) is 4.91. The second kappa shape index (κ2) is 9.51. The van der Waals surface area contributed by atoms with Crippen LogP contribution in [0, 0.1) is 0 Å². The number of carbonyl (C=O) groups excluding carboxylic acids is 1. The normalized spacial score (nSPS) is 11.1. The highest BCUT2D eigenvalue weighted by molar-refractivity contribution is 7.99. The van der Waals surface area contributed by atoms with Crippen molar-refractivity contribution in [1.82, 2.24) is 19.5 Å². The monoisotopic (exact) mass is 473 g/mol. The van der Waals surface area contributed by atoms with E-state index in [2.05, 4.69) is 20.3 Å². The Kier molecular flexibility index (Phi) is 6.14. The van der Waals surface area contributed by atoms with E-state index in [1.165, 1.54) is 23.5 Å². The molecule has 33 heavy (non-hydrogen) atoms. The Morgan fingerprint density at radius 1 is 1.00 bits per heavy atom. The fraction of sp³-hybridized carbons (Fsp3) is 0.0833. The van der Waals surface area contributed by atoms with E-state index in [1.54, 1.807) is 24.7 Å². The molecule has 0 bridgehead atoms. The molecule has 164 valence electrons. The fourth-order valence-electron chi connectivity index (χ4n) is 3.31. The zero-order valence-corrected chi connectivity index (χ0v) is 19.3. The van der Waals surface area contributed by atoms with Crippen LogP contribution in [0.25, 0.3) is 11.0 Å². The first-order valence-corrected chi connectivity index (χ1v) is 11.9. The van der Waals surface area contributed by atoms with Crippen molar-refractivity contribution >= 4 is 46.1 Å². The molecule has 1 amide bonds. The maximum absolute atomic E-state index is 13.4. The molecular weight excluding hydrogens is 454 g/mol. The van der Waals surface area contributed by atoms with E-state index in [4.69, 9.17) is 4.42 Å². The quantitative estimate of drug-likeness (QED) is 0.241. The SMILES string of the molecule is Cn1ccnc1Sc1ccccc1NC(=O)c1oc2ccccc2c1CSc1ncccn1. The topological polar surface area (TPSA) is 85.8 Å². The summed E-state index contributed by atoms with van der Waals surface area (Å²) in [5, 5.41) is 5.41. The number of anilines is 1. The molecule has 0 radical (unpaired) electrons. The zero-order chi connectivity index (χ0) is 22.6. The van der Waals surface area contributed by atoms with Gasteiger partial charge in [0, 0.05) is 53.4 Å². The summed E-state index contributed by atoms with van der Waals surface area (Å²) in [5.41, 5.74) is 2.18. The van der Waals surface area contributed by atoms with Gasteiger partial charge in [-0.1, -0.05) is 42.1 Å². The average Bonchev–Trinajstić information content (AvgIpc) is 3.42. The summed E-state index contributed by atoms with van der Waals surface area (Å²) >= 11 is 2.95. The van der Waals surface area contributed by atoms with Crippen LogP contribution in [0.15, 0.2) is 99.0 Å². The predicted octanol–water partition coefficient (Wildman–Crippen LogP) is 5.65. The van der Waals surface area contributed by atoms with Gasteiger partial charge in [-0.3, -0.25) is 4.79 Å². The Hall–Kier alpha value is -3.56. The Bertz CT molecular complexity index is 1410. The minimum Gasteiger partial charge on any atom is -0.451 e. The highest BCUT2D eigenvalue weighted by Gasteiger charge is 2.22. The third-order valence-corrected chi connectivity index (χ3v) is 6.96. The van der Waals surface area contributed by atoms with E-state index >= 15 is 0 Å². The number of imidazole rings is 1. The number of nitrogens with one attached hydrogen (secondary N) is 1. The van der Waals surface area contributed by atoms with Gasteiger partial charge in [-0.2, -0.15) is 0 Å². The van der Waals surface area contributed by atoms with Gasteiger partial charge in [-0.05, 0) is 36.0 Å². The molecule has 0 saturated heterocycles. The van der Waals surface area contributed by atoms with Gasteiger partial charge >= 0.3 is 0 Å². The molecule has 3 heterocycles. The van der Waals surface area contributed by atoms with Crippen LogP contribution in [-0.4, -0.2) is 25.4 Å². The summed E-state index contributed by atoms with van der Waals surface area (Å²) < 4.78 is 7.93. The van der Waals surface area contributed by atoms with E-state index in [0.717, 1.165) is 21.0 Å². The van der Waals surface area contributed by atoms with Crippen molar-refractivity contribution in [2.45, 2.75) is 21.0 Å². The van der Waals surface area contributed by atoms with Crippen LogP contribution in [0.3, 0.4) is 0 Å². The highest BCUT2D eigenvalue weighted by Crippen LogP contribution is 2.34. The highest BCUT2D eigenvalue weighted by atomic mass is 32.2. The number of furan rings is 1. The lowest BCUT2D eigenvalue weighted by Gasteiger charge is -2.10. The van der Waals surface area contributed by atoms with Gasteiger partial charge in [0.15, 0.2) is 16.1 Å². The van der Waals surface area contributed by atoms with E-state index in [-0.39, 0.29) is 11.7 Å². The van der Waals surface area contributed by atoms with Gasteiger partial charge in [-0.15, -0.1) is 0 Å². The maximum atomic E-state index is 13.4. The molecule has 0 saturated carbocycles. The Labute approximate surface area is 198 Å². The maximum Gasteiger partial charge on any atom is 0.291 e. The number of carbonyl (C=O) groups is 1. The minimum absolute atomic E-state index is 0.288. The molecule has 1 N–H and O–H groups in total. The second-order valence-corrected chi connectivity index (χ2v) is 9.05. The lowest BCUT2D eigenvalue weighted by Crippen LogP contribution is -2.13. The minimum atomic E-state index is -0.302. The van der Waals surface area contributed by atoms with Crippen LogP contribution in [0.5, 0.6) is 0 Å². The number of rotatable bonds is 7. The van der Waals surface area contributed by atoms with Crippen LogP contribution in [0.2, 0.25) is 0 Å². The molecule has 0 spiro atoms. The van der Waals surface area contributed by atoms with Crippen LogP contribution in [0.4, 0.5) is 5.69 Å². The largest absolute Gasteiger partial charge is 0.451 e. The van der Waals surface area contributed by atoms with Crippen molar-refractivity contribution in [3.8, 4) is 0 Å². The van der Waals surface area contributed by atoms with E-state index < -0.39 is 0 Å². The van der Waals surface area contributed by atoms with Crippen LogP contribution in [-0.2, 0) is 12.8 Å². The van der Waals surface area contributed by atoms with Gasteiger partial charge in [0.1, 0.15) is 5.58 Å². The van der Waals surface area contributed by atoms with E-state index in [9.17, 15) is 4.79 Å². The van der Waals surface area contributed by atoms with E-state index in [0.29, 0.717) is 22.2 Å². The molecule has 2 aromatic carbocycles. The lowest BCUT2D eigenvalue weighted by molar-refractivity contribution is 0.0997. The smallest absolute Gasteiger partial charge is 0.291 e. The number of benzene rings is 2. The van der Waals surface area contributed by atoms with Crippen LogP contribution in [0.1, 0.15) is 16.1 Å². The first kappa shape index (κ1) is 21.3. The molecule has 0 aliphatic carbocycles. The summed E-state index contributed by atoms with van der Waals surface area (Å²) in [6.07, 6.45) is 7.04. The van der Waals surface area contributed by atoms with Crippen molar-refractivity contribution in [3.05, 3.63) is 90.7 Å². The van der Waals surface area contributed by atoms with Gasteiger partial charge in [-0.25, -0.2) is 15.0 Å². The standard InChI is InChI=1S/C24H19N5O2S2/c1-29-14-13-27-24(29)33-20-10-5-3-8-18(20)28-22(30)21-17(15-32-23-25-11-6-12-26-23)16-7-2-4-9-19(16)31-21/h2-14H,15H2,1H3,(H,28,30). The number of hydrogen-bond acceptors (Lipinski definition) is 7. The average molecular weight is 474 g/mol. The first-order valence-electron chi connectivity index (χ1n) is 10.1. The Morgan fingerprint density at radius 3 is 2.61 bits per heavy atom. The lowest BCUT2D eigenvalue weighted by atomic mass is 10.1. The van der Waals surface area contributed by atoms with Crippen LogP contribution >= 0.6 is 23.5 Å². The van der Waals surface area contributed by atoms with Gasteiger partial charge in [0.05, 0.1) is 5.69 Å². The fourth-order valence-corrected chi connectivity index (χ4v) is 5.03. The van der Waals surface area contributed by atoms with Crippen molar-refractivity contribution in [3.63, 3.8) is 0 Å². The molecule has 5 rings (SSSR count). The molecular formula is C24H19N5O2S2. The zero-order valence-electron chi connectivity index (χ0n) is 17.6. The number of fused-ring (bicyclic) bond motifs is 1. The molecule has 0 atom stereocenters. The Balaban J connectivity index is 1.44. The second-order valence-electron chi connectivity index (χ2n) is 7.10. The number of hydrogen-bond donors (Lipinski definition) is 1. The predicted molar refractivity (Wildman–Crippen MR) is 130 cm³/mol. The molecule has 0 fully saturated rings. The van der Waals surface area contributed by atoms with E-state index in [1.807, 2.05) is 66.3 Å². The molecule has 5 aromatic rings. The summed E-state index contributed by atoms with van der Waals surface area (Å²) in [7, 11) is 1.94. The molecule has 3 aromatic heterocycles. The number of para-hydroxylation sites is 2. The number of nitrogens with zero attached hydrogens (tertiary/aromatic N) is 4. The molecule has 0 aliphatic heterocycles. The summed E-state index contributed by atoms with van der Waals surface area (Å²) in [6, 6.07) is 17.1.